The summed E-state index contributed by atoms with van der Waals surface area (Å²) in [7, 11) is 0. The van der Waals surface area contributed by atoms with Gasteiger partial charge >= 0.3 is 5.97 Å². The summed E-state index contributed by atoms with van der Waals surface area (Å²) in [5.74, 6) is -0.264. The molecule has 16 heavy (non-hydrogen) atoms. The minimum Gasteiger partial charge on any atom is -0.466 e. The SMILES string of the molecule is C=C(CO)CC(O)(CC)CCOC(=O)CC. The number of hydrogen-bond acceptors (Lipinski definition) is 4. The molecule has 0 spiro atoms. The van der Waals surface area contributed by atoms with Gasteiger partial charge in [0.1, 0.15) is 0 Å². The van der Waals surface area contributed by atoms with Gasteiger partial charge in [0.2, 0.25) is 0 Å². The van der Waals surface area contributed by atoms with E-state index in [1.807, 2.05) is 6.92 Å². The van der Waals surface area contributed by atoms with Crippen molar-refractivity contribution in [1.29, 1.82) is 0 Å². The van der Waals surface area contributed by atoms with Crippen LogP contribution in [0.2, 0.25) is 0 Å². The first-order chi connectivity index (χ1) is 7.47. The van der Waals surface area contributed by atoms with Gasteiger partial charge in [0.15, 0.2) is 0 Å². The first kappa shape index (κ1) is 15.1. The van der Waals surface area contributed by atoms with Gasteiger partial charge in [0.05, 0.1) is 18.8 Å². The average molecular weight is 230 g/mol. The standard InChI is InChI=1S/C12H22O4/c1-4-11(14)16-7-6-12(15,5-2)8-10(3)9-13/h13,15H,3-9H2,1-2H3. The maximum absolute atomic E-state index is 10.9. The van der Waals surface area contributed by atoms with Crippen LogP contribution in [0, 0.1) is 0 Å². The molecule has 0 aliphatic carbocycles. The number of ether oxygens (including phenoxy) is 1. The van der Waals surface area contributed by atoms with E-state index in [0.29, 0.717) is 31.3 Å². The number of hydrogen-bond donors (Lipinski definition) is 2. The molecule has 1 atom stereocenters. The van der Waals surface area contributed by atoms with Crippen molar-refractivity contribution in [2.24, 2.45) is 0 Å². The third-order valence-corrected chi connectivity index (χ3v) is 2.58. The fourth-order valence-corrected chi connectivity index (χ4v) is 1.37. The van der Waals surface area contributed by atoms with Crippen molar-refractivity contribution in [2.45, 2.75) is 45.1 Å². The number of carbonyl (C=O) groups is 1. The van der Waals surface area contributed by atoms with Crippen molar-refractivity contribution in [1.82, 2.24) is 0 Å². The van der Waals surface area contributed by atoms with Crippen molar-refractivity contribution in [2.75, 3.05) is 13.2 Å². The third kappa shape index (κ3) is 5.88. The highest BCUT2D eigenvalue weighted by Crippen LogP contribution is 2.23. The second-order valence-corrected chi connectivity index (χ2v) is 3.99. The lowest BCUT2D eigenvalue weighted by Crippen LogP contribution is -2.30. The van der Waals surface area contributed by atoms with Crippen LogP contribution in [0.1, 0.15) is 39.5 Å². The lowest BCUT2D eigenvalue weighted by Gasteiger charge is -2.27. The molecule has 4 nitrogen and oxygen atoms in total. The molecule has 94 valence electrons. The largest absolute Gasteiger partial charge is 0.466 e. The molecule has 0 aliphatic rings. The van der Waals surface area contributed by atoms with E-state index in [0.717, 1.165) is 0 Å². The molecule has 0 amide bonds. The van der Waals surface area contributed by atoms with Crippen LogP contribution >= 0.6 is 0 Å². The van der Waals surface area contributed by atoms with Gasteiger partial charge < -0.3 is 14.9 Å². The monoisotopic (exact) mass is 230 g/mol. The van der Waals surface area contributed by atoms with E-state index < -0.39 is 5.60 Å². The zero-order valence-corrected chi connectivity index (χ0v) is 10.2. The van der Waals surface area contributed by atoms with Gasteiger partial charge in [-0.15, -0.1) is 0 Å². The highest BCUT2D eigenvalue weighted by molar-refractivity contribution is 5.68. The third-order valence-electron chi connectivity index (χ3n) is 2.58. The maximum atomic E-state index is 10.9. The minimum atomic E-state index is -0.937. The summed E-state index contributed by atoms with van der Waals surface area (Å²) >= 11 is 0. The predicted octanol–water partition coefficient (Wildman–Crippen LogP) is 1.41. The zero-order chi connectivity index (χ0) is 12.6. The van der Waals surface area contributed by atoms with E-state index in [2.05, 4.69) is 6.58 Å². The Hall–Kier alpha value is -0.870. The molecule has 1 unspecified atom stereocenters. The molecule has 2 N–H and O–H groups in total. The average Bonchev–Trinajstić information content (AvgIpc) is 2.28. The topological polar surface area (TPSA) is 66.8 Å². The van der Waals surface area contributed by atoms with Gasteiger partial charge in [-0.25, -0.2) is 0 Å². The summed E-state index contributed by atoms with van der Waals surface area (Å²) < 4.78 is 4.91. The molecule has 4 heteroatoms. The molecule has 0 saturated carbocycles. The number of rotatable bonds is 8. The number of aliphatic hydroxyl groups is 2. The van der Waals surface area contributed by atoms with Crippen molar-refractivity contribution in [3.8, 4) is 0 Å². The van der Waals surface area contributed by atoms with Crippen molar-refractivity contribution in [3.63, 3.8) is 0 Å². The summed E-state index contributed by atoms with van der Waals surface area (Å²) in [4.78, 5) is 10.9. The second-order valence-electron chi connectivity index (χ2n) is 3.99. The Bertz CT molecular complexity index is 237. The molecule has 0 fully saturated rings. The molecule has 0 heterocycles. The van der Waals surface area contributed by atoms with E-state index in [1.165, 1.54) is 0 Å². The minimum absolute atomic E-state index is 0.128. The molecule has 0 saturated heterocycles. The van der Waals surface area contributed by atoms with E-state index in [-0.39, 0.29) is 19.2 Å². The Morgan fingerprint density at radius 1 is 1.44 bits per heavy atom. The molecular formula is C12H22O4. The Morgan fingerprint density at radius 3 is 2.50 bits per heavy atom. The van der Waals surface area contributed by atoms with Gasteiger partial charge in [-0.3, -0.25) is 4.79 Å². The number of aliphatic hydroxyl groups excluding tert-OH is 1. The Labute approximate surface area is 96.9 Å². The van der Waals surface area contributed by atoms with E-state index in [9.17, 15) is 9.90 Å². The zero-order valence-electron chi connectivity index (χ0n) is 10.2. The van der Waals surface area contributed by atoms with Gasteiger partial charge in [-0.05, 0) is 18.4 Å². The molecule has 0 rings (SSSR count). The lowest BCUT2D eigenvalue weighted by molar-refractivity contribution is -0.144. The molecule has 0 radical (unpaired) electrons. The predicted molar refractivity (Wildman–Crippen MR) is 62.0 cm³/mol. The van der Waals surface area contributed by atoms with E-state index in [4.69, 9.17) is 9.84 Å². The van der Waals surface area contributed by atoms with Crippen LogP contribution < -0.4 is 0 Å². The smallest absolute Gasteiger partial charge is 0.305 e. The summed E-state index contributed by atoms with van der Waals surface area (Å²) in [5, 5.41) is 19.0. The van der Waals surface area contributed by atoms with E-state index in [1.54, 1.807) is 6.92 Å². The first-order valence-corrected chi connectivity index (χ1v) is 5.63. The lowest BCUT2D eigenvalue weighted by atomic mass is 9.89. The van der Waals surface area contributed by atoms with Gasteiger partial charge in [-0.2, -0.15) is 0 Å². The van der Waals surface area contributed by atoms with Crippen LogP contribution in [0.3, 0.4) is 0 Å². The highest BCUT2D eigenvalue weighted by atomic mass is 16.5. The number of carbonyl (C=O) groups excluding carboxylic acids is 1. The van der Waals surface area contributed by atoms with Crippen molar-refractivity contribution in [3.05, 3.63) is 12.2 Å². The molecule has 0 aromatic heterocycles. The highest BCUT2D eigenvalue weighted by Gasteiger charge is 2.25. The Balaban J connectivity index is 4.06. The Kier molecular flexibility index (Phi) is 7.01. The van der Waals surface area contributed by atoms with Gasteiger partial charge in [0.25, 0.3) is 0 Å². The van der Waals surface area contributed by atoms with Crippen LogP contribution in [0.5, 0.6) is 0 Å². The van der Waals surface area contributed by atoms with Crippen molar-refractivity contribution >= 4 is 5.97 Å². The molecular weight excluding hydrogens is 208 g/mol. The van der Waals surface area contributed by atoms with Crippen LogP contribution in [-0.4, -0.2) is 35.0 Å². The Morgan fingerprint density at radius 2 is 2.06 bits per heavy atom. The van der Waals surface area contributed by atoms with Gasteiger partial charge in [-0.1, -0.05) is 20.4 Å². The maximum Gasteiger partial charge on any atom is 0.305 e. The summed E-state index contributed by atoms with van der Waals surface area (Å²) in [5.41, 5.74) is -0.348. The number of esters is 1. The summed E-state index contributed by atoms with van der Waals surface area (Å²) in [6, 6.07) is 0. The quantitative estimate of drug-likeness (QED) is 0.488. The van der Waals surface area contributed by atoms with E-state index >= 15 is 0 Å². The first-order valence-electron chi connectivity index (χ1n) is 5.63. The molecule has 0 aromatic rings. The van der Waals surface area contributed by atoms with Crippen LogP contribution in [-0.2, 0) is 9.53 Å². The van der Waals surface area contributed by atoms with Gasteiger partial charge in [0, 0.05) is 12.8 Å². The van der Waals surface area contributed by atoms with Crippen molar-refractivity contribution < 1.29 is 19.7 Å². The van der Waals surface area contributed by atoms with Crippen LogP contribution in [0.25, 0.3) is 0 Å². The summed E-state index contributed by atoms with van der Waals surface area (Å²) in [6.45, 7) is 7.30. The fraction of sp³-hybridized carbons (Fsp3) is 0.750. The molecule has 0 aliphatic heterocycles. The molecule has 0 aromatic carbocycles. The van der Waals surface area contributed by atoms with Crippen LogP contribution in [0.4, 0.5) is 0 Å². The van der Waals surface area contributed by atoms with Crippen LogP contribution in [0.15, 0.2) is 12.2 Å². The summed E-state index contributed by atoms with van der Waals surface area (Å²) in [6.07, 6.45) is 1.58. The second kappa shape index (κ2) is 7.41. The molecule has 0 bridgehead atoms. The normalized spacial score (nSPS) is 14.2. The fourth-order valence-electron chi connectivity index (χ4n) is 1.37.